The van der Waals surface area contributed by atoms with Gasteiger partial charge in [0.05, 0.1) is 11.2 Å². The molecule has 0 saturated carbocycles. The van der Waals surface area contributed by atoms with Gasteiger partial charge in [-0.1, -0.05) is 23.9 Å². The molecule has 1 aromatic rings. The van der Waals surface area contributed by atoms with E-state index in [0.29, 0.717) is 16.8 Å². The van der Waals surface area contributed by atoms with Crippen molar-refractivity contribution in [3.8, 4) is 5.75 Å². The van der Waals surface area contributed by atoms with Crippen LogP contribution in [0.4, 0.5) is 0 Å². The number of thioether (sulfide) groups is 1. The quantitative estimate of drug-likeness (QED) is 0.759. The topological polar surface area (TPSA) is 93.1 Å². The Morgan fingerprint density at radius 2 is 1.77 bits per heavy atom. The molecule has 1 fully saturated rings. The van der Waals surface area contributed by atoms with Gasteiger partial charge in [-0.25, -0.2) is 4.79 Å². The summed E-state index contributed by atoms with van der Waals surface area (Å²) in [5, 5.41) is 18.8. The van der Waals surface area contributed by atoms with Crippen molar-refractivity contribution in [1.29, 1.82) is 0 Å². The molecule has 1 aromatic carbocycles. The van der Waals surface area contributed by atoms with E-state index in [4.69, 9.17) is 9.31 Å². The van der Waals surface area contributed by atoms with Crippen LogP contribution in [0.3, 0.4) is 0 Å². The lowest BCUT2D eigenvalue weighted by molar-refractivity contribution is -0.109. The van der Waals surface area contributed by atoms with Gasteiger partial charge in [-0.15, -0.1) is 0 Å². The molecule has 2 rings (SSSR count). The normalized spacial score (nSPS) is 18.8. The standard InChI is InChI=1S/C18H23BO6S/c1-11(20)26-10-13(19-24-17(2,3)18(4,5)25-19)8-12-6-7-15(21)14(9-12)16(22)23/h6-9,21H,10H2,1-5H3,(H,22,23). The van der Waals surface area contributed by atoms with Gasteiger partial charge in [0, 0.05) is 12.7 Å². The van der Waals surface area contributed by atoms with Crippen molar-refractivity contribution in [1.82, 2.24) is 0 Å². The summed E-state index contributed by atoms with van der Waals surface area (Å²) in [6.07, 6.45) is 1.74. The Hall–Kier alpha value is -1.77. The maximum atomic E-state index is 11.4. The molecular formula is C18H23BO6S. The number of phenols is 1. The number of hydrogen-bond acceptors (Lipinski definition) is 6. The van der Waals surface area contributed by atoms with Gasteiger partial charge < -0.3 is 19.5 Å². The number of carbonyl (C=O) groups excluding carboxylic acids is 1. The highest BCUT2D eigenvalue weighted by atomic mass is 32.2. The average molecular weight is 378 g/mol. The number of aromatic carboxylic acids is 1. The predicted molar refractivity (Wildman–Crippen MR) is 102 cm³/mol. The molecule has 0 aromatic heterocycles. The second-order valence-corrected chi connectivity index (χ2v) is 8.32. The van der Waals surface area contributed by atoms with Crippen LogP contribution >= 0.6 is 11.8 Å². The van der Waals surface area contributed by atoms with Crippen LogP contribution in [0, 0.1) is 0 Å². The van der Waals surface area contributed by atoms with Crippen molar-refractivity contribution >= 4 is 36.0 Å². The van der Waals surface area contributed by atoms with E-state index in [1.165, 1.54) is 19.1 Å². The van der Waals surface area contributed by atoms with E-state index in [-0.39, 0.29) is 16.4 Å². The third kappa shape index (κ3) is 4.49. The Kier molecular flexibility index (Phi) is 5.90. The van der Waals surface area contributed by atoms with Gasteiger partial charge in [-0.05, 0) is 50.9 Å². The molecule has 0 aliphatic carbocycles. The van der Waals surface area contributed by atoms with E-state index in [1.807, 2.05) is 27.7 Å². The van der Waals surface area contributed by atoms with E-state index in [9.17, 15) is 19.8 Å². The van der Waals surface area contributed by atoms with E-state index in [1.54, 1.807) is 12.1 Å². The van der Waals surface area contributed by atoms with Crippen LogP contribution in [0.1, 0.15) is 50.5 Å². The van der Waals surface area contributed by atoms with Crippen LogP contribution in [-0.2, 0) is 14.1 Å². The monoisotopic (exact) mass is 378 g/mol. The highest BCUT2D eigenvalue weighted by Crippen LogP contribution is 2.39. The fourth-order valence-electron chi connectivity index (χ4n) is 2.39. The molecule has 140 valence electrons. The molecule has 1 heterocycles. The lowest BCUT2D eigenvalue weighted by Crippen LogP contribution is -2.41. The van der Waals surface area contributed by atoms with E-state index >= 15 is 0 Å². The zero-order valence-electron chi connectivity index (χ0n) is 15.5. The SMILES string of the molecule is CC(=O)SCC(=Cc1ccc(O)c(C(=O)O)c1)B1OC(C)(C)C(C)(C)O1. The summed E-state index contributed by atoms with van der Waals surface area (Å²) in [5.41, 5.74) is 0.0451. The Balaban J connectivity index is 2.39. The molecule has 0 amide bonds. The number of carbonyl (C=O) groups is 2. The molecule has 0 spiro atoms. The molecule has 1 saturated heterocycles. The lowest BCUT2D eigenvalue weighted by atomic mass is 9.78. The average Bonchev–Trinajstić information content (AvgIpc) is 2.72. The highest BCUT2D eigenvalue weighted by Gasteiger charge is 2.52. The molecule has 0 atom stereocenters. The number of carboxylic acid groups (broad SMARTS) is 1. The van der Waals surface area contributed by atoms with Gasteiger partial charge >= 0.3 is 13.1 Å². The molecule has 6 nitrogen and oxygen atoms in total. The fraction of sp³-hybridized carbons (Fsp3) is 0.444. The van der Waals surface area contributed by atoms with Crippen molar-refractivity contribution in [3.63, 3.8) is 0 Å². The summed E-state index contributed by atoms with van der Waals surface area (Å²) >= 11 is 1.13. The van der Waals surface area contributed by atoms with Crippen LogP contribution < -0.4 is 0 Å². The molecular weight excluding hydrogens is 355 g/mol. The number of benzene rings is 1. The summed E-state index contributed by atoms with van der Waals surface area (Å²) in [6, 6.07) is 4.31. The number of aromatic hydroxyl groups is 1. The Morgan fingerprint density at radius 3 is 2.27 bits per heavy atom. The smallest absolute Gasteiger partial charge is 0.491 e. The minimum atomic E-state index is -1.21. The Morgan fingerprint density at radius 1 is 1.19 bits per heavy atom. The first-order chi connectivity index (χ1) is 11.9. The first-order valence-electron chi connectivity index (χ1n) is 8.19. The van der Waals surface area contributed by atoms with E-state index in [0.717, 1.165) is 11.8 Å². The molecule has 8 heteroatoms. The van der Waals surface area contributed by atoms with Crippen LogP contribution in [0.2, 0.25) is 0 Å². The lowest BCUT2D eigenvalue weighted by Gasteiger charge is -2.32. The zero-order chi connectivity index (χ0) is 19.7. The number of hydrogen-bond donors (Lipinski definition) is 2. The minimum Gasteiger partial charge on any atom is -0.507 e. The molecule has 0 radical (unpaired) electrons. The number of rotatable bonds is 5. The first-order valence-corrected chi connectivity index (χ1v) is 9.17. The molecule has 1 aliphatic heterocycles. The van der Waals surface area contributed by atoms with Gasteiger partial charge in [0.2, 0.25) is 0 Å². The van der Waals surface area contributed by atoms with Crippen molar-refractivity contribution < 1.29 is 29.1 Å². The predicted octanol–water partition coefficient (Wildman–Crippen LogP) is 3.38. The maximum Gasteiger partial charge on any atom is 0.491 e. The van der Waals surface area contributed by atoms with Gasteiger partial charge in [-0.3, -0.25) is 4.79 Å². The van der Waals surface area contributed by atoms with Crippen LogP contribution in [-0.4, -0.2) is 45.4 Å². The first kappa shape index (κ1) is 20.5. The van der Waals surface area contributed by atoms with E-state index in [2.05, 4.69) is 0 Å². The second-order valence-electron chi connectivity index (χ2n) is 7.17. The molecule has 2 N–H and O–H groups in total. The zero-order valence-corrected chi connectivity index (χ0v) is 16.3. The van der Waals surface area contributed by atoms with Crippen LogP contribution in [0.25, 0.3) is 6.08 Å². The van der Waals surface area contributed by atoms with Gasteiger partial charge in [0.1, 0.15) is 11.3 Å². The molecule has 0 bridgehead atoms. The third-order valence-corrected chi connectivity index (χ3v) is 5.49. The van der Waals surface area contributed by atoms with Gasteiger partial charge in [0.25, 0.3) is 0 Å². The molecule has 0 unspecified atom stereocenters. The highest BCUT2D eigenvalue weighted by molar-refractivity contribution is 8.13. The fourth-order valence-corrected chi connectivity index (χ4v) is 2.98. The molecule has 26 heavy (non-hydrogen) atoms. The van der Waals surface area contributed by atoms with Gasteiger partial charge in [0.15, 0.2) is 5.12 Å². The third-order valence-electron chi connectivity index (χ3n) is 4.60. The van der Waals surface area contributed by atoms with Crippen molar-refractivity contribution in [2.75, 3.05) is 5.75 Å². The number of carboxylic acids is 1. The van der Waals surface area contributed by atoms with Crippen LogP contribution in [0.5, 0.6) is 5.75 Å². The van der Waals surface area contributed by atoms with Crippen LogP contribution in [0.15, 0.2) is 23.7 Å². The summed E-state index contributed by atoms with van der Waals surface area (Å²) in [4.78, 5) is 22.6. The minimum absolute atomic E-state index is 0.0376. The largest absolute Gasteiger partial charge is 0.507 e. The van der Waals surface area contributed by atoms with Crippen molar-refractivity contribution in [2.24, 2.45) is 0 Å². The summed E-state index contributed by atoms with van der Waals surface area (Å²) in [5.74, 6) is -1.16. The van der Waals surface area contributed by atoms with E-state index < -0.39 is 24.3 Å². The summed E-state index contributed by atoms with van der Waals surface area (Å²) < 4.78 is 12.1. The second kappa shape index (κ2) is 7.46. The van der Waals surface area contributed by atoms with Gasteiger partial charge in [-0.2, -0.15) is 0 Å². The Labute approximate surface area is 157 Å². The maximum absolute atomic E-state index is 11.4. The summed E-state index contributed by atoms with van der Waals surface area (Å²) in [7, 11) is -0.645. The van der Waals surface area contributed by atoms with Crippen molar-refractivity contribution in [3.05, 3.63) is 34.8 Å². The van der Waals surface area contributed by atoms with Crippen molar-refractivity contribution in [2.45, 2.75) is 45.8 Å². The Bertz CT molecular complexity index is 740. The summed E-state index contributed by atoms with van der Waals surface area (Å²) in [6.45, 7) is 9.23. The molecule has 1 aliphatic rings.